The first-order valence-electron chi connectivity index (χ1n) is 19.0. The number of anilines is 1. The summed E-state index contributed by atoms with van der Waals surface area (Å²) in [5.41, 5.74) is 6.68. The lowest BCUT2D eigenvalue weighted by atomic mass is 9.91. The molecule has 0 unspecified atom stereocenters. The van der Waals surface area contributed by atoms with Gasteiger partial charge in [-0.3, -0.25) is 14.4 Å². The topological polar surface area (TPSA) is 194 Å². The van der Waals surface area contributed by atoms with Gasteiger partial charge in [-0.1, -0.05) is 55.4 Å². The Balaban J connectivity index is 0.887. The summed E-state index contributed by atoms with van der Waals surface area (Å²) in [6, 6.07) is 19.3. The van der Waals surface area contributed by atoms with Gasteiger partial charge < -0.3 is 39.7 Å². The molecule has 8 rings (SSSR count). The molecule has 6 heterocycles. The highest BCUT2D eigenvalue weighted by Gasteiger charge is 2.43. The number of benzene rings is 2. The molecule has 0 spiro atoms. The average molecular weight is 790 g/mol. The van der Waals surface area contributed by atoms with E-state index in [9.17, 15) is 24.6 Å². The molecule has 0 bridgehead atoms. The Morgan fingerprint density at radius 2 is 1.79 bits per heavy atom. The molecule has 0 saturated carbocycles. The third-order valence-corrected chi connectivity index (χ3v) is 11.7. The Hall–Kier alpha value is -6.13. The van der Waals surface area contributed by atoms with Crippen LogP contribution >= 0.6 is 11.3 Å². The number of hydrogen-bond acceptors (Lipinski definition) is 12. The molecule has 57 heavy (non-hydrogen) atoms. The van der Waals surface area contributed by atoms with Crippen molar-refractivity contribution in [2.75, 3.05) is 37.6 Å². The summed E-state index contributed by atoms with van der Waals surface area (Å²) in [4.78, 5) is 54.9. The zero-order valence-electron chi connectivity index (χ0n) is 31.8. The highest BCUT2D eigenvalue weighted by atomic mass is 32.1. The molecule has 15 nitrogen and oxygen atoms in total. The molecule has 2 aliphatic rings. The number of likely N-dealkylation sites (tertiary alicyclic amines) is 1. The van der Waals surface area contributed by atoms with E-state index in [4.69, 9.17) is 4.52 Å². The number of para-hydroxylation sites is 1. The molecule has 4 N–H and O–H groups in total. The largest absolute Gasteiger partial charge is 0.507 e. The smallest absolute Gasteiger partial charge is 0.270 e. The fourth-order valence-electron chi connectivity index (χ4n) is 7.63. The Morgan fingerprint density at radius 3 is 2.51 bits per heavy atom. The second-order valence-electron chi connectivity index (χ2n) is 14.9. The van der Waals surface area contributed by atoms with Gasteiger partial charge in [0.25, 0.3) is 5.91 Å². The number of nitrogens with one attached hydrogen (secondary N) is 2. The highest BCUT2D eigenvalue weighted by molar-refractivity contribution is 7.13. The van der Waals surface area contributed by atoms with Crippen LogP contribution in [0.15, 0.2) is 76.8 Å². The van der Waals surface area contributed by atoms with Crippen LogP contribution in [0.4, 0.5) is 5.82 Å². The summed E-state index contributed by atoms with van der Waals surface area (Å²) in [6.45, 7) is 7.96. The Bertz CT molecular complexity index is 2420. The number of aromatic amines is 1. The van der Waals surface area contributed by atoms with E-state index in [0.717, 1.165) is 21.7 Å². The number of nitrogens with zero attached hydrogens (tertiary/aromatic N) is 7. The number of H-pyrrole nitrogens is 1. The van der Waals surface area contributed by atoms with Crippen molar-refractivity contribution in [3.05, 3.63) is 95.0 Å². The standard InChI is InChI=1S/C41H43N9O6S/c1-23(2)36(41(55)50-21-28(51)18-32(50)39(53)42-20-25-8-10-26(11-9-25)37-24(3)43-22-57-37)34-19-35(47-56-34)48-12-14-49(15-13-48)40(54)31-17-27-16-30(45-46-38(27)44-31)29-6-4-5-7-33(29)52/h4-11,16-17,19,22-23,28,32,36,51-52H,12-15,18,20-21H2,1-3H3,(H,42,53)(H,44,46)/t28-,32+,36-/m1/s1. The van der Waals surface area contributed by atoms with Crippen LogP contribution in [-0.4, -0.2) is 108 Å². The van der Waals surface area contributed by atoms with Crippen molar-refractivity contribution >= 4 is 45.9 Å². The molecule has 16 heteroatoms. The summed E-state index contributed by atoms with van der Waals surface area (Å²) >= 11 is 1.58. The Kier molecular flexibility index (Phi) is 10.5. The van der Waals surface area contributed by atoms with Gasteiger partial charge in [0.1, 0.15) is 23.4 Å². The molecule has 0 radical (unpaired) electrons. The SMILES string of the molecule is Cc1ncsc1-c1ccc(CNC(=O)[C@@H]2C[C@@H](O)CN2C(=O)[C@@H](c2cc(N3CCN(C(=O)c4cc5cc(-c6ccccc6O)nnc5[nH]4)CC3)no2)C(C)C)cc1. The highest BCUT2D eigenvalue weighted by Crippen LogP contribution is 2.34. The third-order valence-electron chi connectivity index (χ3n) is 10.7. The first-order chi connectivity index (χ1) is 27.5. The van der Waals surface area contributed by atoms with Crippen LogP contribution in [0, 0.1) is 12.8 Å². The number of carbonyl (C=O) groups is 3. The van der Waals surface area contributed by atoms with Gasteiger partial charge in [0.05, 0.1) is 27.9 Å². The maximum absolute atomic E-state index is 14.2. The number of hydrogen-bond donors (Lipinski definition) is 4. The van der Waals surface area contributed by atoms with Gasteiger partial charge in [0, 0.05) is 62.7 Å². The first-order valence-corrected chi connectivity index (χ1v) is 19.8. The van der Waals surface area contributed by atoms with Crippen LogP contribution in [0.3, 0.4) is 0 Å². The number of aryl methyl sites for hydroxylation is 1. The van der Waals surface area contributed by atoms with Crippen LogP contribution in [0.1, 0.15) is 53.7 Å². The van der Waals surface area contributed by atoms with E-state index in [1.165, 1.54) is 4.90 Å². The monoisotopic (exact) mass is 789 g/mol. The van der Waals surface area contributed by atoms with Crippen molar-refractivity contribution in [1.82, 2.24) is 40.4 Å². The molecule has 4 aromatic heterocycles. The van der Waals surface area contributed by atoms with Gasteiger partial charge >= 0.3 is 0 Å². The van der Waals surface area contributed by atoms with Crippen molar-refractivity contribution < 1.29 is 29.1 Å². The van der Waals surface area contributed by atoms with E-state index in [1.54, 1.807) is 58.7 Å². The third kappa shape index (κ3) is 7.69. The molecule has 3 amide bonds. The number of phenols is 1. The number of phenolic OH excluding ortho intramolecular Hbond substituents is 1. The van der Waals surface area contributed by atoms with Crippen molar-refractivity contribution in [2.45, 2.75) is 51.8 Å². The van der Waals surface area contributed by atoms with Gasteiger partial charge in [-0.15, -0.1) is 21.5 Å². The maximum atomic E-state index is 14.2. The molecule has 2 aromatic carbocycles. The van der Waals surface area contributed by atoms with Gasteiger partial charge in [-0.25, -0.2) is 4.98 Å². The number of piperazine rings is 1. The predicted molar refractivity (Wildman–Crippen MR) is 213 cm³/mol. The summed E-state index contributed by atoms with van der Waals surface area (Å²) in [5.74, 6) is -0.692. The summed E-state index contributed by atoms with van der Waals surface area (Å²) in [6.07, 6.45) is -0.691. The molecule has 2 fully saturated rings. The number of aliphatic hydroxyl groups excluding tert-OH is 1. The molecular weight excluding hydrogens is 747 g/mol. The molecule has 6 aromatic rings. The first kappa shape index (κ1) is 37.8. The number of amides is 3. The normalized spacial score (nSPS) is 17.7. The molecule has 0 aliphatic carbocycles. The minimum Gasteiger partial charge on any atom is -0.507 e. The number of aliphatic hydroxyl groups is 1. The molecule has 2 aliphatic heterocycles. The fraction of sp³-hybridized carbons (Fsp3) is 0.341. The van der Waals surface area contributed by atoms with E-state index >= 15 is 0 Å². The quantitative estimate of drug-likeness (QED) is 0.150. The van der Waals surface area contributed by atoms with E-state index in [0.29, 0.717) is 65.7 Å². The predicted octanol–water partition coefficient (Wildman–Crippen LogP) is 4.73. The van der Waals surface area contributed by atoms with Gasteiger partial charge in [-0.2, -0.15) is 0 Å². The van der Waals surface area contributed by atoms with Crippen LogP contribution < -0.4 is 10.2 Å². The Morgan fingerprint density at radius 1 is 1.02 bits per heavy atom. The van der Waals surface area contributed by atoms with E-state index in [1.807, 2.05) is 55.4 Å². The number of carbonyl (C=O) groups excluding carboxylic acids is 3. The summed E-state index contributed by atoms with van der Waals surface area (Å²) < 4.78 is 5.80. The summed E-state index contributed by atoms with van der Waals surface area (Å²) in [7, 11) is 0. The number of aromatic nitrogens is 5. The van der Waals surface area contributed by atoms with E-state index < -0.39 is 18.1 Å². The second-order valence-corrected chi connectivity index (χ2v) is 15.8. The molecule has 2 saturated heterocycles. The zero-order valence-corrected chi connectivity index (χ0v) is 32.6. The lowest BCUT2D eigenvalue weighted by Crippen LogP contribution is -2.49. The lowest BCUT2D eigenvalue weighted by Gasteiger charge is -2.34. The number of fused-ring (bicyclic) bond motifs is 1. The van der Waals surface area contributed by atoms with E-state index in [2.05, 4.69) is 30.6 Å². The number of β-amino-alcohol motifs (C(OH)–C–C–N with tert-alkyl or cyclic N) is 1. The number of rotatable bonds is 10. The van der Waals surface area contributed by atoms with Crippen LogP contribution in [0.2, 0.25) is 0 Å². The number of aromatic hydroxyl groups is 1. The van der Waals surface area contributed by atoms with Crippen LogP contribution in [0.25, 0.3) is 32.7 Å². The summed E-state index contributed by atoms with van der Waals surface area (Å²) in [5, 5.41) is 37.3. The minimum atomic E-state index is -0.831. The zero-order chi connectivity index (χ0) is 39.8. The molecule has 294 valence electrons. The maximum Gasteiger partial charge on any atom is 0.270 e. The second kappa shape index (κ2) is 15.8. The van der Waals surface area contributed by atoms with Crippen molar-refractivity contribution in [1.29, 1.82) is 0 Å². The van der Waals surface area contributed by atoms with Crippen molar-refractivity contribution in [2.24, 2.45) is 5.92 Å². The average Bonchev–Trinajstić information content (AvgIpc) is 4.04. The molecular formula is C41H43N9O6S. The van der Waals surface area contributed by atoms with E-state index in [-0.39, 0.29) is 48.9 Å². The van der Waals surface area contributed by atoms with Crippen LogP contribution in [0.5, 0.6) is 5.75 Å². The van der Waals surface area contributed by atoms with Crippen molar-refractivity contribution in [3.63, 3.8) is 0 Å². The van der Waals surface area contributed by atoms with Crippen LogP contribution in [-0.2, 0) is 16.1 Å². The van der Waals surface area contributed by atoms with Gasteiger partial charge in [-0.05, 0) is 48.2 Å². The molecule has 3 atom stereocenters. The Labute approximate surface area is 332 Å². The lowest BCUT2D eigenvalue weighted by molar-refractivity contribution is -0.141. The van der Waals surface area contributed by atoms with Gasteiger partial charge in [0.2, 0.25) is 11.8 Å². The minimum absolute atomic E-state index is 0.0424. The fourth-order valence-corrected chi connectivity index (χ4v) is 8.45. The van der Waals surface area contributed by atoms with Crippen molar-refractivity contribution in [3.8, 4) is 27.4 Å². The number of thiazole rings is 1. The van der Waals surface area contributed by atoms with Gasteiger partial charge in [0.15, 0.2) is 17.2 Å².